The fourth-order valence-corrected chi connectivity index (χ4v) is 1.21. The Morgan fingerprint density at radius 1 is 1.50 bits per heavy atom. The van der Waals surface area contributed by atoms with Crippen LogP contribution in [0.3, 0.4) is 0 Å². The predicted octanol–water partition coefficient (Wildman–Crippen LogP) is 1.74. The van der Waals surface area contributed by atoms with Crippen LogP contribution in [0.1, 0.15) is 5.56 Å². The summed E-state index contributed by atoms with van der Waals surface area (Å²) in [6.07, 6.45) is 7.68. The monoisotopic (exact) mass is 156 g/mol. The van der Waals surface area contributed by atoms with Gasteiger partial charge >= 0.3 is 0 Å². The number of benzene rings is 1. The fraction of sp³-hybridized carbons (Fsp3) is 0.100. The maximum absolute atomic E-state index is 5.20. The van der Waals surface area contributed by atoms with Crippen LogP contribution in [0.15, 0.2) is 24.4 Å². The van der Waals surface area contributed by atoms with Crippen LogP contribution < -0.4 is 0 Å². The van der Waals surface area contributed by atoms with E-state index < -0.39 is 0 Å². The third kappa shape index (κ3) is 1.06. The zero-order valence-corrected chi connectivity index (χ0v) is 6.54. The number of hydrogen-bond donors (Lipinski definition) is 1. The van der Waals surface area contributed by atoms with Crippen LogP contribution in [-0.2, 0) is 6.42 Å². The molecule has 1 heterocycles. The Hall–Kier alpha value is -1.75. The Balaban J connectivity index is 2.54. The summed E-state index contributed by atoms with van der Waals surface area (Å²) in [5.74, 6) is 2.61. The summed E-state index contributed by atoms with van der Waals surface area (Å²) in [4.78, 5) is 0. The summed E-state index contributed by atoms with van der Waals surface area (Å²) in [5.41, 5.74) is 2.19. The Morgan fingerprint density at radius 2 is 2.42 bits per heavy atom. The average molecular weight is 156 g/mol. The van der Waals surface area contributed by atoms with E-state index in [2.05, 4.69) is 16.1 Å². The Labute approximate surface area is 70.6 Å². The molecule has 0 aliphatic rings. The Kier molecular flexibility index (Phi) is 1.56. The molecule has 12 heavy (non-hydrogen) atoms. The molecule has 58 valence electrons. The van der Waals surface area contributed by atoms with Crippen LogP contribution in [0.25, 0.3) is 10.9 Å². The largest absolute Gasteiger partial charge is 0.278 e. The van der Waals surface area contributed by atoms with E-state index in [4.69, 9.17) is 6.42 Å². The highest BCUT2D eigenvalue weighted by Crippen LogP contribution is 2.12. The van der Waals surface area contributed by atoms with Crippen molar-refractivity contribution in [1.82, 2.24) is 10.2 Å². The maximum Gasteiger partial charge on any atom is 0.0653 e. The van der Waals surface area contributed by atoms with Gasteiger partial charge in [-0.25, -0.2) is 0 Å². The number of hydrogen-bond acceptors (Lipinski definition) is 1. The lowest BCUT2D eigenvalue weighted by molar-refractivity contribution is 1.12. The third-order valence-electron chi connectivity index (χ3n) is 1.81. The van der Waals surface area contributed by atoms with Crippen LogP contribution in [-0.4, -0.2) is 10.2 Å². The van der Waals surface area contributed by atoms with Gasteiger partial charge in [-0.05, 0) is 11.6 Å². The number of aromatic amines is 1. The molecule has 0 fully saturated rings. The molecule has 0 spiro atoms. The molecule has 2 nitrogen and oxygen atoms in total. The standard InChI is InChI=1S/C10H8N2/c1-2-3-8-4-5-9-7-11-12-10(9)6-8/h1,4-7H,3H2,(H,11,12). The van der Waals surface area contributed by atoms with Crippen LogP contribution in [0.4, 0.5) is 0 Å². The Morgan fingerprint density at radius 3 is 3.25 bits per heavy atom. The van der Waals surface area contributed by atoms with Gasteiger partial charge in [-0.2, -0.15) is 5.10 Å². The molecule has 0 amide bonds. The van der Waals surface area contributed by atoms with Crippen molar-refractivity contribution in [2.45, 2.75) is 6.42 Å². The van der Waals surface area contributed by atoms with Gasteiger partial charge in [-0.1, -0.05) is 12.1 Å². The molecule has 2 rings (SSSR count). The molecule has 2 heteroatoms. The molecule has 0 aliphatic carbocycles. The summed E-state index contributed by atoms with van der Waals surface area (Å²) >= 11 is 0. The minimum atomic E-state index is 0.676. The van der Waals surface area contributed by atoms with Crippen molar-refractivity contribution in [3.8, 4) is 12.3 Å². The summed E-state index contributed by atoms with van der Waals surface area (Å²) in [7, 11) is 0. The number of aromatic nitrogens is 2. The van der Waals surface area contributed by atoms with Gasteiger partial charge < -0.3 is 0 Å². The Bertz CT molecular complexity index is 434. The summed E-state index contributed by atoms with van der Waals surface area (Å²) in [6.45, 7) is 0. The van der Waals surface area contributed by atoms with E-state index in [1.807, 2.05) is 18.2 Å². The second kappa shape index (κ2) is 2.71. The molecule has 0 aliphatic heterocycles. The molecule has 0 atom stereocenters. The number of terminal acetylenes is 1. The van der Waals surface area contributed by atoms with E-state index >= 15 is 0 Å². The lowest BCUT2D eigenvalue weighted by atomic mass is 10.1. The number of rotatable bonds is 1. The molecular formula is C10H8N2. The van der Waals surface area contributed by atoms with Gasteiger partial charge in [-0.15, -0.1) is 12.3 Å². The number of nitrogens with zero attached hydrogens (tertiary/aromatic N) is 1. The van der Waals surface area contributed by atoms with Gasteiger partial charge in [0.1, 0.15) is 0 Å². The van der Waals surface area contributed by atoms with E-state index in [-0.39, 0.29) is 0 Å². The minimum absolute atomic E-state index is 0.676. The number of nitrogens with one attached hydrogen (secondary N) is 1. The molecule has 1 aromatic carbocycles. The predicted molar refractivity (Wildman–Crippen MR) is 48.6 cm³/mol. The van der Waals surface area contributed by atoms with Gasteiger partial charge in [-0.3, -0.25) is 5.10 Å². The average Bonchev–Trinajstić information content (AvgIpc) is 2.51. The third-order valence-corrected chi connectivity index (χ3v) is 1.81. The van der Waals surface area contributed by atoms with Gasteiger partial charge in [0, 0.05) is 11.8 Å². The maximum atomic E-state index is 5.20. The van der Waals surface area contributed by atoms with E-state index in [9.17, 15) is 0 Å². The summed E-state index contributed by atoms with van der Waals surface area (Å²) < 4.78 is 0. The molecular weight excluding hydrogens is 148 g/mol. The molecule has 0 radical (unpaired) electrons. The van der Waals surface area contributed by atoms with Crippen molar-refractivity contribution in [3.05, 3.63) is 30.0 Å². The zero-order chi connectivity index (χ0) is 8.39. The van der Waals surface area contributed by atoms with Gasteiger partial charge in [0.25, 0.3) is 0 Å². The van der Waals surface area contributed by atoms with Gasteiger partial charge in [0.2, 0.25) is 0 Å². The van der Waals surface area contributed by atoms with Crippen LogP contribution in [0.5, 0.6) is 0 Å². The van der Waals surface area contributed by atoms with Gasteiger partial charge in [0.15, 0.2) is 0 Å². The van der Waals surface area contributed by atoms with E-state index in [0.717, 1.165) is 16.5 Å². The molecule has 0 saturated carbocycles. The zero-order valence-electron chi connectivity index (χ0n) is 6.54. The van der Waals surface area contributed by atoms with Crippen molar-refractivity contribution in [3.63, 3.8) is 0 Å². The highest BCUT2D eigenvalue weighted by Gasteiger charge is 1.95. The van der Waals surface area contributed by atoms with Crippen LogP contribution >= 0.6 is 0 Å². The second-order valence-electron chi connectivity index (χ2n) is 2.67. The fourth-order valence-electron chi connectivity index (χ4n) is 1.21. The summed E-state index contributed by atoms with van der Waals surface area (Å²) in [6, 6.07) is 6.07. The molecule has 0 bridgehead atoms. The lowest BCUT2D eigenvalue weighted by Crippen LogP contribution is -1.79. The first kappa shape index (κ1) is 6.93. The molecule has 2 aromatic rings. The van der Waals surface area contributed by atoms with Gasteiger partial charge in [0.05, 0.1) is 11.7 Å². The number of H-pyrrole nitrogens is 1. The lowest BCUT2D eigenvalue weighted by Gasteiger charge is -1.93. The van der Waals surface area contributed by atoms with Crippen molar-refractivity contribution in [2.24, 2.45) is 0 Å². The van der Waals surface area contributed by atoms with Crippen molar-refractivity contribution >= 4 is 10.9 Å². The van der Waals surface area contributed by atoms with E-state index in [1.54, 1.807) is 6.20 Å². The molecule has 1 aromatic heterocycles. The highest BCUT2D eigenvalue weighted by atomic mass is 15.1. The number of fused-ring (bicyclic) bond motifs is 1. The topological polar surface area (TPSA) is 28.7 Å². The van der Waals surface area contributed by atoms with E-state index in [1.165, 1.54) is 0 Å². The molecule has 0 saturated heterocycles. The van der Waals surface area contributed by atoms with Crippen molar-refractivity contribution in [2.75, 3.05) is 0 Å². The van der Waals surface area contributed by atoms with E-state index in [0.29, 0.717) is 6.42 Å². The highest BCUT2D eigenvalue weighted by molar-refractivity contribution is 5.78. The first-order chi connectivity index (χ1) is 5.90. The second-order valence-corrected chi connectivity index (χ2v) is 2.67. The first-order valence-corrected chi connectivity index (χ1v) is 3.75. The normalized spacial score (nSPS) is 9.92. The SMILES string of the molecule is C#CCc1ccc2cn[nH]c2c1. The van der Waals surface area contributed by atoms with Crippen molar-refractivity contribution in [1.29, 1.82) is 0 Å². The minimum Gasteiger partial charge on any atom is -0.278 e. The molecule has 0 unspecified atom stereocenters. The quantitative estimate of drug-likeness (QED) is 0.626. The van der Waals surface area contributed by atoms with Crippen LogP contribution in [0.2, 0.25) is 0 Å². The van der Waals surface area contributed by atoms with Crippen LogP contribution in [0, 0.1) is 12.3 Å². The molecule has 1 N–H and O–H groups in total. The smallest absolute Gasteiger partial charge is 0.0653 e. The summed E-state index contributed by atoms with van der Waals surface area (Å²) in [5, 5.41) is 7.95. The van der Waals surface area contributed by atoms with Crippen molar-refractivity contribution < 1.29 is 0 Å². The first-order valence-electron chi connectivity index (χ1n) is 3.75.